The number of halogens is 1. The monoisotopic (exact) mass is 535 g/mol. The van der Waals surface area contributed by atoms with E-state index in [4.69, 9.17) is 0 Å². The smallest absolute Gasteiger partial charge is 0.317 e. The highest BCUT2D eigenvalue weighted by Gasteiger charge is 2.26. The number of piperazine rings is 1. The molecule has 0 bridgehead atoms. The minimum absolute atomic E-state index is 0.0702. The first-order valence-electron chi connectivity index (χ1n) is 12.2. The lowest BCUT2D eigenvalue weighted by Gasteiger charge is -2.35. The number of carbonyl (C=O) groups excluding carboxylic acids is 2. The summed E-state index contributed by atoms with van der Waals surface area (Å²) in [6.45, 7) is 1.47. The zero-order valence-corrected chi connectivity index (χ0v) is 21.2. The van der Waals surface area contributed by atoms with Crippen LogP contribution in [0.2, 0.25) is 0 Å². The van der Waals surface area contributed by atoms with Gasteiger partial charge in [0.25, 0.3) is 15.9 Å². The Labute approximate surface area is 219 Å². The summed E-state index contributed by atoms with van der Waals surface area (Å²) in [5.74, 6) is -0.510. The molecule has 1 saturated heterocycles. The van der Waals surface area contributed by atoms with Crippen LogP contribution >= 0.6 is 0 Å². The summed E-state index contributed by atoms with van der Waals surface area (Å²) in [5.41, 5.74) is 1.12. The second kappa shape index (κ2) is 10.6. The number of sulfonamides is 1. The number of amides is 3. The number of urea groups is 1. The third kappa shape index (κ3) is 5.52. The van der Waals surface area contributed by atoms with Gasteiger partial charge >= 0.3 is 6.03 Å². The first-order valence-corrected chi connectivity index (χ1v) is 13.6. The molecule has 1 unspecified atom stereocenters. The molecule has 196 valence electrons. The molecule has 0 radical (unpaired) electrons. The van der Waals surface area contributed by atoms with E-state index >= 15 is 0 Å². The number of nitrogens with zero attached hydrogens (tertiary/aromatic N) is 3. The van der Waals surface area contributed by atoms with E-state index in [1.165, 1.54) is 18.2 Å². The molecule has 1 atom stereocenters. The molecular weight excluding hydrogens is 509 g/mol. The second-order valence-electron chi connectivity index (χ2n) is 9.03. The van der Waals surface area contributed by atoms with Crippen LogP contribution in [-0.4, -0.2) is 67.4 Å². The van der Waals surface area contributed by atoms with E-state index in [1.54, 1.807) is 70.6 Å². The molecule has 9 nitrogen and oxygen atoms in total. The fourth-order valence-electron chi connectivity index (χ4n) is 4.43. The normalized spacial score (nSPS) is 17.7. The van der Waals surface area contributed by atoms with Gasteiger partial charge < -0.3 is 15.1 Å². The van der Waals surface area contributed by atoms with Gasteiger partial charge in [-0.3, -0.25) is 14.5 Å². The Morgan fingerprint density at radius 3 is 2.37 bits per heavy atom. The van der Waals surface area contributed by atoms with E-state index in [9.17, 15) is 22.4 Å². The average molecular weight is 536 g/mol. The Hall–Kier alpha value is -4.25. The van der Waals surface area contributed by atoms with E-state index < -0.39 is 10.0 Å². The number of para-hydroxylation sites is 1. The first-order chi connectivity index (χ1) is 18.3. The largest absolute Gasteiger partial charge is 0.335 e. The molecule has 1 fully saturated rings. The summed E-state index contributed by atoms with van der Waals surface area (Å²) in [6.07, 6.45) is 6.33. The highest BCUT2D eigenvalue weighted by Crippen LogP contribution is 2.24. The molecule has 2 heterocycles. The van der Waals surface area contributed by atoms with Gasteiger partial charge in [-0.25, -0.2) is 17.6 Å². The first kappa shape index (κ1) is 25.4. The quantitative estimate of drug-likeness (QED) is 0.518. The molecule has 5 rings (SSSR count). The molecule has 2 N–H and O–H groups in total. The topological polar surface area (TPSA) is 112 Å². The maximum Gasteiger partial charge on any atom is 0.317 e. The lowest BCUT2D eigenvalue weighted by Crippen LogP contribution is -2.54. The molecule has 1 aliphatic carbocycles. The SMILES string of the molecule is O=C(NC1C=CC(F)=CC1)N1CCN(C(=O)c2ccc(NS(=O)(=O)c3cccc4cccnc34)cc2)CC1. The minimum atomic E-state index is -3.90. The van der Waals surface area contributed by atoms with Crippen LogP contribution in [0.25, 0.3) is 10.9 Å². The minimum Gasteiger partial charge on any atom is -0.335 e. The number of rotatable bonds is 5. The Morgan fingerprint density at radius 2 is 1.66 bits per heavy atom. The summed E-state index contributed by atoms with van der Waals surface area (Å²) in [7, 11) is -3.90. The predicted octanol–water partition coefficient (Wildman–Crippen LogP) is 3.68. The van der Waals surface area contributed by atoms with E-state index in [0.29, 0.717) is 54.8 Å². The number of anilines is 1. The maximum absolute atomic E-state index is 13.1. The maximum atomic E-state index is 13.1. The number of benzene rings is 2. The third-order valence-electron chi connectivity index (χ3n) is 6.49. The van der Waals surface area contributed by atoms with Gasteiger partial charge in [0.2, 0.25) is 0 Å². The van der Waals surface area contributed by atoms with Crippen molar-refractivity contribution in [2.24, 2.45) is 0 Å². The lowest BCUT2D eigenvalue weighted by atomic mass is 10.1. The van der Waals surface area contributed by atoms with Gasteiger partial charge in [-0.05, 0) is 55.0 Å². The third-order valence-corrected chi connectivity index (χ3v) is 7.90. The molecule has 38 heavy (non-hydrogen) atoms. The molecule has 2 aromatic carbocycles. The predicted molar refractivity (Wildman–Crippen MR) is 142 cm³/mol. The number of hydrogen-bond donors (Lipinski definition) is 2. The van der Waals surface area contributed by atoms with Crippen molar-refractivity contribution in [1.82, 2.24) is 20.1 Å². The molecule has 2 aliphatic rings. The van der Waals surface area contributed by atoms with Crippen LogP contribution < -0.4 is 10.0 Å². The van der Waals surface area contributed by atoms with E-state index in [2.05, 4.69) is 15.0 Å². The molecule has 3 aromatic rings. The summed E-state index contributed by atoms with van der Waals surface area (Å²) < 4.78 is 41.7. The van der Waals surface area contributed by atoms with Gasteiger partial charge in [0.15, 0.2) is 0 Å². The van der Waals surface area contributed by atoms with Crippen molar-refractivity contribution in [3.05, 3.63) is 90.4 Å². The number of hydrogen-bond acceptors (Lipinski definition) is 5. The zero-order valence-electron chi connectivity index (χ0n) is 20.4. The number of carbonyl (C=O) groups is 2. The van der Waals surface area contributed by atoms with Crippen LogP contribution in [0.3, 0.4) is 0 Å². The molecule has 0 spiro atoms. The standard InChI is InChI=1S/C27H26FN5O4S/c28-21-8-12-22(13-9-21)30-27(35)33-17-15-32(16-18-33)26(34)20-6-10-23(11-7-20)31-38(36,37)24-5-1-3-19-4-2-14-29-25(19)24/h1-12,14,22,31H,13,15-18H2,(H,30,35). The van der Waals surface area contributed by atoms with Gasteiger partial charge in [-0.2, -0.15) is 0 Å². The average Bonchev–Trinajstić information content (AvgIpc) is 2.94. The summed E-state index contributed by atoms with van der Waals surface area (Å²) >= 11 is 0. The van der Waals surface area contributed by atoms with Crippen LogP contribution in [0.1, 0.15) is 16.8 Å². The number of pyridine rings is 1. The van der Waals surface area contributed by atoms with E-state index in [-0.39, 0.29) is 28.7 Å². The number of allylic oxidation sites excluding steroid dienone is 2. The van der Waals surface area contributed by atoms with Crippen molar-refractivity contribution in [1.29, 1.82) is 0 Å². The molecule has 11 heteroatoms. The van der Waals surface area contributed by atoms with Crippen molar-refractivity contribution < 1.29 is 22.4 Å². The Kier molecular flexibility index (Phi) is 7.10. The summed E-state index contributed by atoms with van der Waals surface area (Å²) in [5, 5.41) is 3.57. The molecule has 1 aliphatic heterocycles. The Balaban J connectivity index is 1.18. The van der Waals surface area contributed by atoms with Gasteiger partial charge in [-0.15, -0.1) is 0 Å². The lowest BCUT2D eigenvalue weighted by molar-refractivity contribution is 0.0664. The fraction of sp³-hybridized carbons (Fsp3) is 0.222. The summed E-state index contributed by atoms with van der Waals surface area (Å²) in [4.78, 5) is 33.1. The van der Waals surface area contributed by atoms with Crippen LogP contribution in [0.4, 0.5) is 14.9 Å². The van der Waals surface area contributed by atoms with Gasteiger partial charge in [0.1, 0.15) is 10.7 Å². The van der Waals surface area contributed by atoms with Crippen LogP contribution in [-0.2, 0) is 10.0 Å². The van der Waals surface area contributed by atoms with Crippen molar-refractivity contribution in [3.63, 3.8) is 0 Å². The van der Waals surface area contributed by atoms with Crippen molar-refractivity contribution >= 4 is 38.6 Å². The number of nitrogens with one attached hydrogen (secondary N) is 2. The zero-order chi connectivity index (χ0) is 26.7. The number of fused-ring (bicyclic) bond motifs is 1. The van der Waals surface area contributed by atoms with Crippen LogP contribution in [0.15, 0.2) is 89.7 Å². The molecule has 0 saturated carbocycles. The van der Waals surface area contributed by atoms with Gasteiger partial charge in [0, 0.05) is 49.0 Å². The highest BCUT2D eigenvalue weighted by molar-refractivity contribution is 7.93. The fourth-order valence-corrected chi connectivity index (χ4v) is 5.67. The van der Waals surface area contributed by atoms with E-state index in [1.807, 2.05) is 0 Å². The number of aromatic nitrogens is 1. The Bertz CT molecular complexity index is 1530. The van der Waals surface area contributed by atoms with Crippen LogP contribution in [0.5, 0.6) is 0 Å². The second-order valence-corrected chi connectivity index (χ2v) is 10.7. The van der Waals surface area contributed by atoms with Crippen molar-refractivity contribution in [2.75, 3.05) is 30.9 Å². The van der Waals surface area contributed by atoms with Crippen molar-refractivity contribution in [3.8, 4) is 0 Å². The van der Waals surface area contributed by atoms with Crippen molar-refractivity contribution in [2.45, 2.75) is 17.4 Å². The van der Waals surface area contributed by atoms with E-state index in [0.717, 1.165) is 0 Å². The highest BCUT2D eigenvalue weighted by atomic mass is 32.2. The summed E-state index contributed by atoms with van der Waals surface area (Å²) in [6, 6.07) is 14.2. The Morgan fingerprint density at radius 1 is 0.947 bits per heavy atom. The van der Waals surface area contributed by atoms with Gasteiger partial charge in [-0.1, -0.05) is 24.3 Å². The van der Waals surface area contributed by atoms with Gasteiger partial charge in [0.05, 0.1) is 11.6 Å². The molecule has 3 amide bonds. The molecule has 1 aromatic heterocycles. The molecular formula is C27H26FN5O4S. The van der Waals surface area contributed by atoms with Crippen LogP contribution in [0, 0.1) is 0 Å².